The summed E-state index contributed by atoms with van der Waals surface area (Å²) in [6, 6.07) is 8.84. The molecule has 0 fully saturated rings. The zero-order valence-corrected chi connectivity index (χ0v) is 15.2. The number of hydrogen-bond acceptors (Lipinski definition) is 4. The van der Waals surface area contributed by atoms with E-state index in [9.17, 15) is 9.59 Å². The summed E-state index contributed by atoms with van der Waals surface area (Å²) in [7, 11) is 1.60. The number of carbonyl (C=O) groups is 2. The van der Waals surface area contributed by atoms with Gasteiger partial charge < -0.3 is 19.7 Å². The molecular weight excluding hydrogens is 308 g/mol. The highest BCUT2D eigenvalue weighted by atomic mass is 16.5. The van der Waals surface area contributed by atoms with Gasteiger partial charge in [-0.05, 0) is 39.8 Å². The van der Waals surface area contributed by atoms with Crippen LogP contribution in [0, 0.1) is 0 Å². The molecule has 0 heterocycles. The quantitative estimate of drug-likeness (QED) is 0.736. The molecule has 0 radical (unpaired) electrons. The van der Waals surface area contributed by atoms with Gasteiger partial charge in [-0.1, -0.05) is 18.2 Å². The molecule has 2 amide bonds. The lowest BCUT2D eigenvalue weighted by Gasteiger charge is -2.28. The van der Waals surface area contributed by atoms with Crippen molar-refractivity contribution < 1.29 is 19.1 Å². The SMILES string of the molecule is CC(C(=O)NC(C)(C)C)N(C)C(=O)COCCOc1ccccc1. The zero-order chi connectivity index (χ0) is 18.2. The van der Waals surface area contributed by atoms with Crippen molar-refractivity contribution in [1.29, 1.82) is 0 Å². The van der Waals surface area contributed by atoms with E-state index in [4.69, 9.17) is 9.47 Å². The molecule has 134 valence electrons. The molecular formula is C18H28N2O4. The van der Waals surface area contributed by atoms with E-state index >= 15 is 0 Å². The Morgan fingerprint density at radius 2 is 1.79 bits per heavy atom. The van der Waals surface area contributed by atoms with E-state index in [-0.39, 0.29) is 24.0 Å². The van der Waals surface area contributed by atoms with Gasteiger partial charge in [-0.2, -0.15) is 0 Å². The minimum atomic E-state index is -0.555. The first-order chi connectivity index (χ1) is 11.2. The summed E-state index contributed by atoms with van der Waals surface area (Å²) in [6.45, 7) is 7.97. The molecule has 1 rings (SSSR count). The first-order valence-corrected chi connectivity index (χ1v) is 8.04. The number of likely N-dealkylation sites (N-methyl/N-ethyl adjacent to an activating group) is 1. The number of nitrogens with zero attached hydrogens (tertiary/aromatic N) is 1. The summed E-state index contributed by atoms with van der Waals surface area (Å²) >= 11 is 0. The molecule has 6 heteroatoms. The number of benzene rings is 1. The fourth-order valence-corrected chi connectivity index (χ4v) is 1.86. The normalized spacial score (nSPS) is 12.4. The van der Waals surface area contributed by atoms with E-state index in [2.05, 4.69) is 5.32 Å². The monoisotopic (exact) mass is 336 g/mol. The summed E-state index contributed by atoms with van der Waals surface area (Å²) in [5, 5.41) is 2.86. The minimum Gasteiger partial charge on any atom is -0.491 e. The largest absolute Gasteiger partial charge is 0.491 e. The molecule has 0 aromatic heterocycles. The van der Waals surface area contributed by atoms with Crippen LogP contribution in [0.2, 0.25) is 0 Å². The summed E-state index contributed by atoms with van der Waals surface area (Å²) in [6.07, 6.45) is 0. The summed E-state index contributed by atoms with van der Waals surface area (Å²) in [5.41, 5.74) is -0.333. The van der Waals surface area contributed by atoms with Crippen LogP contribution in [0.5, 0.6) is 5.75 Å². The highest BCUT2D eigenvalue weighted by Crippen LogP contribution is 2.07. The Hall–Kier alpha value is -2.08. The molecule has 24 heavy (non-hydrogen) atoms. The average molecular weight is 336 g/mol. The van der Waals surface area contributed by atoms with E-state index in [0.717, 1.165) is 5.75 Å². The second-order valence-electron chi connectivity index (χ2n) is 6.63. The summed E-state index contributed by atoms with van der Waals surface area (Å²) in [5.74, 6) is 0.328. The van der Waals surface area contributed by atoms with Crippen molar-refractivity contribution in [3.63, 3.8) is 0 Å². The van der Waals surface area contributed by atoms with Crippen LogP contribution < -0.4 is 10.1 Å². The van der Waals surface area contributed by atoms with Crippen molar-refractivity contribution in [3.8, 4) is 5.75 Å². The van der Waals surface area contributed by atoms with Gasteiger partial charge in [0.2, 0.25) is 11.8 Å². The number of carbonyl (C=O) groups excluding carboxylic acids is 2. The number of para-hydroxylation sites is 1. The molecule has 1 atom stereocenters. The third-order valence-electron chi connectivity index (χ3n) is 3.32. The summed E-state index contributed by atoms with van der Waals surface area (Å²) in [4.78, 5) is 25.5. The first kappa shape index (κ1) is 20.0. The van der Waals surface area contributed by atoms with Gasteiger partial charge in [0, 0.05) is 12.6 Å². The van der Waals surface area contributed by atoms with Gasteiger partial charge in [0.1, 0.15) is 25.0 Å². The lowest BCUT2D eigenvalue weighted by molar-refractivity contribution is -0.142. The van der Waals surface area contributed by atoms with Gasteiger partial charge in [-0.25, -0.2) is 0 Å². The maximum atomic E-state index is 12.1. The highest BCUT2D eigenvalue weighted by Gasteiger charge is 2.25. The Kier molecular flexibility index (Phi) is 7.71. The van der Waals surface area contributed by atoms with Crippen LogP contribution in [0.15, 0.2) is 30.3 Å². The van der Waals surface area contributed by atoms with Gasteiger partial charge in [0.25, 0.3) is 0 Å². The molecule has 0 saturated carbocycles. The van der Waals surface area contributed by atoms with Crippen molar-refractivity contribution in [1.82, 2.24) is 10.2 Å². The predicted octanol–water partition coefficient (Wildman–Crippen LogP) is 1.84. The van der Waals surface area contributed by atoms with Gasteiger partial charge >= 0.3 is 0 Å². The molecule has 0 saturated heterocycles. The molecule has 0 aliphatic carbocycles. The molecule has 6 nitrogen and oxygen atoms in total. The Morgan fingerprint density at radius 3 is 2.38 bits per heavy atom. The predicted molar refractivity (Wildman–Crippen MR) is 92.9 cm³/mol. The maximum Gasteiger partial charge on any atom is 0.248 e. The number of nitrogens with one attached hydrogen (secondary N) is 1. The molecule has 1 N–H and O–H groups in total. The molecule has 0 aliphatic rings. The van der Waals surface area contributed by atoms with Crippen molar-refractivity contribution in [2.24, 2.45) is 0 Å². The van der Waals surface area contributed by atoms with Gasteiger partial charge in [-0.15, -0.1) is 0 Å². The fraction of sp³-hybridized carbons (Fsp3) is 0.556. The van der Waals surface area contributed by atoms with Crippen LogP contribution in [-0.2, 0) is 14.3 Å². The lowest BCUT2D eigenvalue weighted by Crippen LogP contribution is -2.52. The second kappa shape index (κ2) is 9.27. The Balaban J connectivity index is 2.27. The van der Waals surface area contributed by atoms with Crippen LogP contribution >= 0.6 is 0 Å². The van der Waals surface area contributed by atoms with E-state index in [0.29, 0.717) is 13.2 Å². The molecule has 1 aromatic rings. The van der Waals surface area contributed by atoms with Crippen LogP contribution in [0.3, 0.4) is 0 Å². The van der Waals surface area contributed by atoms with Gasteiger partial charge in [0.05, 0.1) is 6.61 Å². The van der Waals surface area contributed by atoms with E-state index < -0.39 is 6.04 Å². The topological polar surface area (TPSA) is 67.9 Å². The van der Waals surface area contributed by atoms with Crippen LogP contribution in [0.4, 0.5) is 0 Å². The molecule has 0 bridgehead atoms. The van der Waals surface area contributed by atoms with E-state index in [1.807, 2.05) is 51.1 Å². The second-order valence-corrected chi connectivity index (χ2v) is 6.63. The van der Waals surface area contributed by atoms with Crippen LogP contribution in [0.1, 0.15) is 27.7 Å². The minimum absolute atomic E-state index is 0.0816. The first-order valence-electron chi connectivity index (χ1n) is 8.04. The average Bonchev–Trinajstić information content (AvgIpc) is 2.52. The number of amides is 2. The van der Waals surface area contributed by atoms with Gasteiger partial charge in [0.15, 0.2) is 0 Å². The molecule has 0 spiro atoms. The summed E-state index contributed by atoms with van der Waals surface area (Å²) < 4.78 is 10.8. The fourth-order valence-electron chi connectivity index (χ4n) is 1.86. The standard InChI is InChI=1S/C18H28N2O4/c1-14(17(22)19-18(2,3)4)20(5)16(21)13-23-11-12-24-15-9-7-6-8-10-15/h6-10,14H,11-13H2,1-5H3,(H,19,22). The Bertz CT molecular complexity index is 526. The molecule has 0 aliphatic heterocycles. The molecule has 1 unspecified atom stereocenters. The third kappa shape index (κ3) is 7.46. The van der Waals surface area contributed by atoms with E-state index in [1.54, 1.807) is 14.0 Å². The van der Waals surface area contributed by atoms with Gasteiger partial charge in [-0.3, -0.25) is 9.59 Å². The number of hydrogen-bond donors (Lipinski definition) is 1. The van der Waals surface area contributed by atoms with E-state index in [1.165, 1.54) is 4.90 Å². The number of rotatable bonds is 8. The van der Waals surface area contributed by atoms with Crippen LogP contribution in [-0.4, -0.2) is 55.2 Å². The van der Waals surface area contributed by atoms with Crippen molar-refractivity contribution in [2.75, 3.05) is 26.9 Å². The Labute approximate surface area is 144 Å². The van der Waals surface area contributed by atoms with Crippen molar-refractivity contribution in [2.45, 2.75) is 39.3 Å². The van der Waals surface area contributed by atoms with Crippen LogP contribution in [0.25, 0.3) is 0 Å². The highest BCUT2D eigenvalue weighted by molar-refractivity contribution is 5.87. The number of ether oxygens (including phenoxy) is 2. The maximum absolute atomic E-state index is 12.1. The third-order valence-corrected chi connectivity index (χ3v) is 3.32. The lowest BCUT2D eigenvalue weighted by atomic mass is 10.1. The van der Waals surface area contributed by atoms with Crippen molar-refractivity contribution >= 4 is 11.8 Å². The van der Waals surface area contributed by atoms with Crippen molar-refractivity contribution in [3.05, 3.63) is 30.3 Å². The Morgan fingerprint density at radius 1 is 1.17 bits per heavy atom. The molecule has 1 aromatic carbocycles. The smallest absolute Gasteiger partial charge is 0.248 e. The zero-order valence-electron chi connectivity index (χ0n) is 15.2.